The Morgan fingerprint density at radius 1 is 1.64 bits per heavy atom. The van der Waals surface area contributed by atoms with E-state index in [0.29, 0.717) is 5.56 Å². The quantitative estimate of drug-likeness (QED) is 0.473. The van der Waals surface area contributed by atoms with Gasteiger partial charge in [0.1, 0.15) is 5.02 Å². The van der Waals surface area contributed by atoms with Gasteiger partial charge in [0, 0.05) is 18.7 Å². The first-order chi connectivity index (χ1) is 6.65. The Kier molecular flexibility index (Phi) is 3.41. The van der Waals surface area contributed by atoms with E-state index in [1.54, 1.807) is 13.1 Å². The highest BCUT2D eigenvalue weighted by atomic mass is 35.5. The van der Waals surface area contributed by atoms with Gasteiger partial charge < -0.3 is 5.43 Å². The van der Waals surface area contributed by atoms with Crippen LogP contribution in [-0.4, -0.2) is 18.2 Å². The Hall–Kier alpha value is -1.62. The van der Waals surface area contributed by atoms with Crippen LogP contribution >= 0.6 is 11.6 Å². The first-order valence-corrected chi connectivity index (χ1v) is 4.16. The zero-order valence-electron chi connectivity index (χ0n) is 7.40. The minimum absolute atomic E-state index is 0.119. The highest BCUT2D eigenvalue weighted by molar-refractivity contribution is 6.32. The number of halogens is 1. The van der Waals surface area contributed by atoms with Gasteiger partial charge in [0.15, 0.2) is 0 Å². The molecule has 0 aliphatic heterocycles. The molecule has 1 aromatic carbocycles. The average molecular weight is 214 g/mol. The second-order valence-electron chi connectivity index (χ2n) is 2.45. The van der Waals surface area contributed by atoms with E-state index in [1.165, 1.54) is 18.3 Å². The van der Waals surface area contributed by atoms with Gasteiger partial charge in [-0.3, -0.25) is 10.1 Å². The molecule has 1 rings (SSSR count). The van der Waals surface area contributed by atoms with E-state index >= 15 is 0 Å². The van der Waals surface area contributed by atoms with Crippen LogP contribution in [0.2, 0.25) is 5.02 Å². The second kappa shape index (κ2) is 4.57. The van der Waals surface area contributed by atoms with Crippen molar-refractivity contribution in [1.29, 1.82) is 0 Å². The predicted molar refractivity (Wildman–Crippen MR) is 54.8 cm³/mol. The van der Waals surface area contributed by atoms with Crippen LogP contribution in [0.15, 0.2) is 23.3 Å². The number of nitrogens with zero attached hydrogens (tertiary/aromatic N) is 2. The molecule has 0 aliphatic carbocycles. The molecule has 74 valence electrons. The Balaban J connectivity index is 3.06. The molecule has 0 radical (unpaired) electrons. The highest BCUT2D eigenvalue weighted by Crippen LogP contribution is 2.24. The highest BCUT2D eigenvalue weighted by Gasteiger charge is 2.11. The molecule has 0 saturated carbocycles. The van der Waals surface area contributed by atoms with Gasteiger partial charge in [-0.1, -0.05) is 17.7 Å². The topological polar surface area (TPSA) is 67.5 Å². The maximum absolute atomic E-state index is 10.5. The fourth-order valence-electron chi connectivity index (χ4n) is 0.889. The van der Waals surface area contributed by atoms with Crippen molar-refractivity contribution >= 4 is 23.5 Å². The van der Waals surface area contributed by atoms with Gasteiger partial charge in [-0.25, -0.2) is 0 Å². The third kappa shape index (κ3) is 2.43. The van der Waals surface area contributed by atoms with E-state index in [1.807, 2.05) is 0 Å². The zero-order chi connectivity index (χ0) is 10.6. The number of hydrazone groups is 1. The molecule has 6 heteroatoms. The maximum Gasteiger partial charge on any atom is 0.288 e. The van der Waals surface area contributed by atoms with Crippen LogP contribution < -0.4 is 5.43 Å². The van der Waals surface area contributed by atoms with Crippen molar-refractivity contribution in [3.8, 4) is 0 Å². The summed E-state index contributed by atoms with van der Waals surface area (Å²) in [5, 5.41) is 14.4. The standard InChI is InChI=1S/C8H8ClN3O2/c1-10-11-5-6-2-3-7(9)8(4-6)12(13)14/h2-5,10H,1H3/b11-5+. The van der Waals surface area contributed by atoms with E-state index in [9.17, 15) is 10.1 Å². The Morgan fingerprint density at radius 3 is 2.93 bits per heavy atom. The molecule has 0 spiro atoms. The monoisotopic (exact) mass is 213 g/mol. The molecule has 0 unspecified atom stereocenters. The fraction of sp³-hybridized carbons (Fsp3) is 0.125. The van der Waals surface area contributed by atoms with Crippen LogP contribution in [0.25, 0.3) is 0 Å². The van der Waals surface area contributed by atoms with Crippen molar-refractivity contribution in [3.05, 3.63) is 38.9 Å². The van der Waals surface area contributed by atoms with E-state index in [0.717, 1.165) is 0 Å². The van der Waals surface area contributed by atoms with Crippen LogP contribution in [0, 0.1) is 10.1 Å². The van der Waals surface area contributed by atoms with Gasteiger partial charge in [-0.2, -0.15) is 5.10 Å². The summed E-state index contributed by atoms with van der Waals surface area (Å²) in [4.78, 5) is 9.98. The van der Waals surface area contributed by atoms with Crippen molar-refractivity contribution in [1.82, 2.24) is 5.43 Å². The molecular formula is C8H8ClN3O2. The van der Waals surface area contributed by atoms with Gasteiger partial charge in [-0.15, -0.1) is 0 Å². The largest absolute Gasteiger partial charge is 0.313 e. The lowest BCUT2D eigenvalue weighted by Gasteiger charge is -1.96. The molecule has 0 aromatic heterocycles. The number of nitro benzene ring substituents is 1. The normalized spacial score (nSPS) is 10.4. The van der Waals surface area contributed by atoms with Crippen molar-refractivity contribution in [2.24, 2.45) is 5.10 Å². The molecule has 1 aromatic rings. The molecule has 0 amide bonds. The summed E-state index contributed by atoms with van der Waals surface area (Å²) in [5.41, 5.74) is 3.05. The minimum atomic E-state index is -0.529. The summed E-state index contributed by atoms with van der Waals surface area (Å²) in [6, 6.07) is 4.48. The summed E-state index contributed by atoms with van der Waals surface area (Å²) in [7, 11) is 1.64. The maximum atomic E-state index is 10.5. The smallest absolute Gasteiger partial charge is 0.288 e. The second-order valence-corrected chi connectivity index (χ2v) is 2.86. The minimum Gasteiger partial charge on any atom is -0.313 e. The van der Waals surface area contributed by atoms with E-state index < -0.39 is 4.92 Å². The molecule has 0 atom stereocenters. The van der Waals surface area contributed by atoms with Gasteiger partial charge in [0.25, 0.3) is 5.69 Å². The van der Waals surface area contributed by atoms with Gasteiger partial charge in [0.05, 0.1) is 11.1 Å². The average Bonchev–Trinajstić information content (AvgIpc) is 2.16. The molecule has 0 aliphatic rings. The van der Waals surface area contributed by atoms with Crippen LogP contribution in [-0.2, 0) is 0 Å². The number of rotatable bonds is 3. The van der Waals surface area contributed by atoms with E-state index in [2.05, 4.69) is 10.5 Å². The van der Waals surface area contributed by atoms with Crippen molar-refractivity contribution in [2.75, 3.05) is 7.05 Å². The van der Waals surface area contributed by atoms with Crippen molar-refractivity contribution in [2.45, 2.75) is 0 Å². The van der Waals surface area contributed by atoms with Gasteiger partial charge in [-0.05, 0) is 6.07 Å². The lowest BCUT2D eigenvalue weighted by molar-refractivity contribution is -0.384. The fourth-order valence-corrected chi connectivity index (χ4v) is 1.08. The lowest BCUT2D eigenvalue weighted by Crippen LogP contribution is -1.96. The predicted octanol–water partition coefficient (Wildman–Crippen LogP) is 1.80. The first-order valence-electron chi connectivity index (χ1n) is 3.79. The summed E-state index contributed by atoms with van der Waals surface area (Å²) in [5.74, 6) is 0. The van der Waals surface area contributed by atoms with E-state index in [4.69, 9.17) is 11.6 Å². The zero-order valence-corrected chi connectivity index (χ0v) is 8.15. The number of hydrogen-bond acceptors (Lipinski definition) is 4. The SMILES string of the molecule is CN/N=C/c1ccc(Cl)c([N+](=O)[O-])c1. The van der Waals surface area contributed by atoms with Gasteiger partial charge >= 0.3 is 0 Å². The number of benzene rings is 1. The molecule has 14 heavy (non-hydrogen) atoms. The van der Waals surface area contributed by atoms with E-state index in [-0.39, 0.29) is 10.7 Å². The Morgan fingerprint density at radius 2 is 2.36 bits per heavy atom. The van der Waals surface area contributed by atoms with Crippen molar-refractivity contribution < 1.29 is 4.92 Å². The molecule has 0 heterocycles. The summed E-state index contributed by atoms with van der Waals surface area (Å²) < 4.78 is 0. The molecule has 1 N–H and O–H groups in total. The lowest BCUT2D eigenvalue weighted by atomic mass is 10.2. The Bertz CT molecular complexity index is 379. The van der Waals surface area contributed by atoms with Crippen molar-refractivity contribution in [3.63, 3.8) is 0 Å². The van der Waals surface area contributed by atoms with Gasteiger partial charge in [0.2, 0.25) is 0 Å². The van der Waals surface area contributed by atoms with Crippen LogP contribution in [0.4, 0.5) is 5.69 Å². The third-order valence-corrected chi connectivity index (χ3v) is 1.83. The number of nitro groups is 1. The molecule has 0 fully saturated rings. The Labute approximate surface area is 85.5 Å². The number of nitrogens with one attached hydrogen (secondary N) is 1. The van der Waals surface area contributed by atoms with Crippen LogP contribution in [0.3, 0.4) is 0 Å². The third-order valence-electron chi connectivity index (χ3n) is 1.51. The molecule has 0 bridgehead atoms. The molecule has 5 nitrogen and oxygen atoms in total. The number of hydrogen-bond donors (Lipinski definition) is 1. The molecular weight excluding hydrogens is 206 g/mol. The molecule has 0 saturated heterocycles. The summed E-state index contributed by atoms with van der Waals surface area (Å²) >= 11 is 5.62. The summed E-state index contributed by atoms with van der Waals surface area (Å²) in [6.45, 7) is 0. The van der Waals surface area contributed by atoms with Crippen LogP contribution in [0.1, 0.15) is 5.56 Å². The summed E-state index contributed by atoms with van der Waals surface area (Å²) in [6.07, 6.45) is 1.48. The first kappa shape index (κ1) is 10.5. The van der Waals surface area contributed by atoms with Crippen LogP contribution in [0.5, 0.6) is 0 Å².